The molecule has 8 heteroatoms. The predicted molar refractivity (Wildman–Crippen MR) is 80.6 cm³/mol. The van der Waals surface area contributed by atoms with Crippen molar-refractivity contribution >= 4 is 17.5 Å². The van der Waals surface area contributed by atoms with Gasteiger partial charge in [-0.25, -0.2) is 4.79 Å². The largest absolute Gasteiger partial charge is 0.507 e. The van der Waals surface area contributed by atoms with Gasteiger partial charge >= 0.3 is 5.97 Å². The number of carbonyl (C=O) groups excluding carboxylic acids is 3. The molecule has 1 aliphatic carbocycles. The van der Waals surface area contributed by atoms with Crippen molar-refractivity contribution in [2.45, 2.75) is 31.7 Å². The fourth-order valence-corrected chi connectivity index (χ4v) is 3.62. The van der Waals surface area contributed by atoms with Gasteiger partial charge in [0.05, 0.1) is 24.3 Å². The smallest absolute Gasteiger partial charge is 0.342 e. The van der Waals surface area contributed by atoms with E-state index in [1.54, 1.807) is 6.92 Å². The molecule has 0 spiro atoms. The molecule has 130 valence electrons. The highest BCUT2D eigenvalue weighted by Gasteiger charge is 2.49. The minimum absolute atomic E-state index is 0.0275. The molecule has 3 aliphatic rings. The maximum Gasteiger partial charge on any atom is 0.342 e. The number of phenolic OH excluding ortho intramolecular Hbond substituents is 2. The second kappa shape index (κ2) is 5.06. The SMILES string of the molecule is COC1=CC(=O)c2c(O)c3c(c(O)c2C1=O)C1OC(C)CC1OC3=O. The summed E-state index contributed by atoms with van der Waals surface area (Å²) in [5.41, 5.74) is -1.21. The number of hydrogen-bond donors (Lipinski definition) is 2. The minimum Gasteiger partial charge on any atom is -0.507 e. The lowest BCUT2D eigenvalue weighted by Gasteiger charge is -2.30. The van der Waals surface area contributed by atoms with Crippen LogP contribution in [0.1, 0.15) is 56.1 Å². The lowest BCUT2D eigenvalue weighted by molar-refractivity contribution is -0.0207. The van der Waals surface area contributed by atoms with E-state index in [0.717, 1.165) is 6.08 Å². The van der Waals surface area contributed by atoms with Crippen LogP contribution in [0.3, 0.4) is 0 Å². The molecule has 2 aliphatic heterocycles. The summed E-state index contributed by atoms with van der Waals surface area (Å²) in [5, 5.41) is 21.2. The number of Topliss-reactive ketones (excluding diaryl/α,β-unsaturated/α-hetero) is 1. The van der Waals surface area contributed by atoms with Gasteiger partial charge in [0.1, 0.15) is 29.3 Å². The van der Waals surface area contributed by atoms with E-state index in [1.165, 1.54) is 7.11 Å². The standard InChI is InChI=1S/C17H14O8/c1-5-3-8-16(24-5)11-12(17(22)25-8)14(20)9-6(18)4-7(23-2)13(19)10(9)15(11)21/h4-5,8,16,20-21H,3H2,1-2H3. The molecule has 0 radical (unpaired) electrons. The van der Waals surface area contributed by atoms with Crippen molar-refractivity contribution in [1.29, 1.82) is 0 Å². The van der Waals surface area contributed by atoms with Crippen LogP contribution < -0.4 is 0 Å². The molecule has 3 unspecified atom stereocenters. The second-order valence-corrected chi connectivity index (χ2v) is 6.19. The minimum atomic E-state index is -0.869. The Balaban J connectivity index is 2.03. The fraction of sp³-hybridized carbons (Fsp3) is 0.353. The second-order valence-electron chi connectivity index (χ2n) is 6.19. The monoisotopic (exact) mass is 346 g/mol. The van der Waals surface area contributed by atoms with E-state index in [2.05, 4.69) is 0 Å². The van der Waals surface area contributed by atoms with Gasteiger partial charge in [0.25, 0.3) is 0 Å². The van der Waals surface area contributed by atoms with E-state index in [9.17, 15) is 24.6 Å². The van der Waals surface area contributed by atoms with Gasteiger partial charge < -0.3 is 24.4 Å². The van der Waals surface area contributed by atoms with Gasteiger partial charge in [-0.2, -0.15) is 0 Å². The molecular weight excluding hydrogens is 332 g/mol. The molecule has 3 atom stereocenters. The summed E-state index contributed by atoms with van der Waals surface area (Å²) in [5.74, 6) is -3.90. The third-order valence-corrected chi connectivity index (χ3v) is 4.69. The molecule has 1 fully saturated rings. The van der Waals surface area contributed by atoms with E-state index in [-0.39, 0.29) is 23.0 Å². The zero-order chi connectivity index (χ0) is 18.0. The molecular formula is C17H14O8. The van der Waals surface area contributed by atoms with E-state index in [0.29, 0.717) is 6.42 Å². The number of rotatable bonds is 1. The lowest BCUT2D eigenvalue weighted by Crippen LogP contribution is -2.31. The van der Waals surface area contributed by atoms with Gasteiger partial charge in [0, 0.05) is 18.1 Å². The van der Waals surface area contributed by atoms with Crippen LogP contribution >= 0.6 is 0 Å². The van der Waals surface area contributed by atoms with Crippen LogP contribution in [-0.4, -0.2) is 47.1 Å². The lowest BCUT2D eigenvalue weighted by atomic mass is 9.83. The van der Waals surface area contributed by atoms with Gasteiger partial charge in [0.2, 0.25) is 5.78 Å². The number of aromatic hydroxyl groups is 2. The van der Waals surface area contributed by atoms with Crippen LogP contribution in [0.25, 0.3) is 0 Å². The van der Waals surface area contributed by atoms with Crippen molar-refractivity contribution in [2.75, 3.05) is 7.11 Å². The first-order chi connectivity index (χ1) is 11.8. The average molecular weight is 346 g/mol. The zero-order valence-corrected chi connectivity index (χ0v) is 13.4. The number of ketones is 2. The van der Waals surface area contributed by atoms with Gasteiger partial charge in [0.15, 0.2) is 11.5 Å². The van der Waals surface area contributed by atoms with Crippen molar-refractivity contribution < 1.29 is 38.8 Å². The first kappa shape index (κ1) is 15.6. The molecule has 1 aromatic carbocycles. The van der Waals surface area contributed by atoms with Crippen molar-refractivity contribution in [2.24, 2.45) is 0 Å². The number of phenols is 2. The molecule has 25 heavy (non-hydrogen) atoms. The molecule has 1 aromatic rings. The molecule has 0 aromatic heterocycles. The highest BCUT2D eigenvalue weighted by atomic mass is 16.6. The van der Waals surface area contributed by atoms with Crippen molar-refractivity contribution in [1.82, 2.24) is 0 Å². The van der Waals surface area contributed by atoms with Crippen LogP contribution in [0.15, 0.2) is 11.8 Å². The summed E-state index contributed by atoms with van der Waals surface area (Å²) in [4.78, 5) is 37.1. The number of hydrogen-bond acceptors (Lipinski definition) is 8. The van der Waals surface area contributed by atoms with Crippen molar-refractivity contribution in [3.63, 3.8) is 0 Å². The number of fused-ring (bicyclic) bond motifs is 4. The molecule has 8 nitrogen and oxygen atoms in total. The average Bonchev–Trinajstić information content (AvgIpc) is 2.92. The van der Waals surface area contributed by atoms with Gasteiger partial charge in [-0.1, -0.05) is 0 Å². The highest BCUT2D eigenvalue weighted by Crippen LogP contribution is 2.51. The molecule has 0 bridgehead atoms. The Morgan fingerprint density at radius 3 is 2.52 bits per heavy atom. The van der Waals surface area contributed by atoms with Crippen LogP contribution in [-0.2, 0) is 14.2 Å². The Hall–Kier alpha value is -2.87. The molecule has 0 saturated carbocycles. The van der Waals surface area contributed by atoms with Gasteiger partial charge in [-0.05, 0) is 6.92 Å². The van der Waals surface area contributed by atoms with Crippen LogP contribution in [0.5, 0.6) is 11.5 Å². The van der Waals surface area contributed by atoms with Gasteiger partial charge in [-0.3, -0.25) is 9.59 Å². The normalized spacial score (nSPS) is 27.2. The molecule has 0 amide bonds. The Bertz CT molecular complexity index is 881. The number of methoxy groups -OCH3 is 1. The fourth-order valence-electron chi connectivity index (χ4n) is 3.62. The summed E-state index contributed by atoms with van der Waals surface area (Å²) in [7, 11) is 1.21. The van der Waals surface area contributed by atoms with Crippen LogP contribution in [0.4, 0.5) is 0 Å². The third-order valence-electron chi connectivity index (χ3n) is 4.69. The highest BCUT2D eigenvalue weighted by molar-refractivity contribution is 6.27. The van der Waals surface area contributed by atoms with Gasteiger partial charge in [-0.15, -0.1) is 0 Å². The summed E-state index contributed by atoms with van der Waals surface area (Å²) < 4.78 is 15.8. The molecule has 2 heterocycles. The maximum atomic E-state index is 12.5. The number of benzene rings is 1. The van der Waals surface area contributed by atoms with Crippen LogP contribution in [0.2, 0.25) is 0 Å². The topological polar surface area (TPSA) is 119 Å². The maximum absolute atomic E-state index is 12.5. The molecule has 1 saturated heterocycles. The summed E-state index contributed by atoms with van der Waals surface area (Å²) in [6.45, 7) is 1.78. The number of allylic oxidation sites excluding steroid dienone is 2. The molecule has 2 N–H and O–H groups in total. The Morgan fingerprint density at radius 2 is 1.84 bits per heavy atom. The Morgan fingerprint density at radius 1 is 1.12 bits per heavy atom. The third kappa shape index (κ3) is 1.94. The van der Waals surface area contributed by atoms with E-state index in [1.807, 2.05) is 0 Å². The van der Waals surface area contributed by atoms with E-state index >= 15 is 0 Å². The van der Waals surface area contributed by atoms with Crippen molar-refractivity contribution in [3.05, 3.63) is 34.1 Å². The summed E-state index contributed by atoms with van der Waals surface area (Å²) in [6.07, 6.45) is -0.369. The Kier molecular flexibility index (Phi) is 3.17. The number of ether oxygens (including phenoxy) is 3. The first-order valence-corrected chi connectivity index (χ1v) is 7.68. The van der Waals surface area contributed by atoms with Crippen molar-refractivity contribution in [3.8, 4) is 11.5 Å². The first-order valence-electron chi connectivity index (χ1n) is 7.68. The van der Waals surface area contributed by atoms with Crippen LogP contribution in [0, 0.1) is 0 Å². The summed E-state index contributed by atoms with van der Waals surface area (Å²) >= 11 is 0. The molecule has 4 rings (SSSR count). The number of esters is 1. The van der Waals surface area contributed by atoms with E-state index in [4.69, 9.17) is 14.2 Å². The zero-order valence-electron chi connectivity index (χ0n) is 13.4. The van der Waals surface area contributed by atoms with E-state index < -0.39 is 52.4 Å². The Labute approximate surface area is 141 Å². The number of carbonyl (C=O) groups is 3. The predicted octanol–water partition coefficient (Wildman–Crippen LogP) is 1.40. The quantitative estimate of drug-likeness (QED) is 0.578. The summed E-state index contributed by atoms with van der Waals surface area (Å²) in [6, 6.07) is 0.